The zero-order valence-corrected chi connectivity index (χ0v) is 10.8. The van der Waals surface area contributed by atoms with Crippen LogP contribution in [0.4, 0.5) is 5.69 Å². The van der Waals surface area contributed by atoms with Crippen LogP contribution >= 0.6 is 0 Å². The number of aliphatic hydroxyl groups excluding tert-OH is 1. The van der Waals surface area contributed by atoms with Gasteiger partial charge in [0.1, 0.15) is 18.2 Å². The summed E-state index contributed by atoms with van der Waals surface area (Å²) >= 11 is 0. The maximum absolute atomic E-state index is 11.8. The predicted octanol–water partition coefficient (Wildman–Crippen LogP) is 0.0102. The first-order valence-corrected chi connectivity index (χ1v) is 6.27. The lowest BCUT2D eigenvalue weighted by Gasteiger charge is -2.51. The Morgan fingerprint density at radius 3 is 2.65 bits per heavy atom. The largest absolute Gasteiger partial charge is 0.467 e. The third kappa shape index (κ3) is 1.66. The van der Waals surface area contributed by atoms with Crippen molar-refractivity contribution < 1.29 is 24.6 Å². The normalized spacial score (nSPS) is 35.1. The lowest BCUT2D eigenvalue weighted by atomic mass is 9.79. The number of hydrogen-bond acceptors (Lipinski definition) is 6. The molecule has 0 amide bonds. The Kier molecular flexibility index (Phi) is 3.01. The topological polar surface area (TPSA) is 79.2 Å². The molecule has 4 rings (SSSR count). The molecule has 6 nitrogen and oxygen atoms in total. The number of nitrogens with zero attached hydrogens (tertiary/aromatic N) is 1. The summed E-state index contributed by atoms with van der Waals surface area (Å²) in [5.41, 5.74) is -1.35. The Morgan fingerprint density at radius 1 is 1.35 bits per heavy atom. The van der Waals surface area contributed by atoms with Crippen molar-refractivity contribution in [3.8, 4) is 0 Å². The van der Waals surface area contributed by atoms with Gasteiger partial charge in [-0.05, 0) is 12.1 Å². The van der Waals surface area contributed by atoms with Crippen LogP contribution in [-0.2, 0) is 14.4 Å². The number of fused-ring (bicyclic) bond motifs is 2. The molecule has 0 unspecified atom stereocenters. The number of carbonyl (C=O) groups excluding carboxylic acids is 1. The highest BCUT2D eigenvalue weighted by molar-refractivity contribution is 5.82. The minimum Gasteiger partial charge on any atom is -0.467 e. The van der Waals surface area contributed by atoms with Gasteiger partial charge in [-0.1, -0.05) is 30.4 Å². The third-order valence-corrected chi connectivity index (χ3v) is 3.71. The zero-order chi connectivity index (χ0) is 14.3. The van der Waals surface area contributed by atoms with Crippen LogP contribution in [0, 0.1) is 0 Å². The van der Waals surface area contributed by atoms with E-state index in [2.05, 4.69) is 4.74 Å². The van der Waals surface area contributed by atoms with Gasteiger partial charge in [0.25, 0.3) is 0 Å². The number of carbonyl (C=O) groups is 1. The van der Waals surface area contributed by atoms with E-state index in [9.17, 15) is 15.0 Å². The number of aliphatic hydroxyl groups is 2. The van der Waals surface area contributed by atoms with E-state index in [4.69, 9.17) is 4.84 Å². The van der Waals surface area contributed by atoms with E-state index in [-0.39, 0.29) is 0 Å². The van der Waals surface area contributed by atoms with Crippen molar-refractivity contribution in [2.75, 3.05) is 12.2 Å². The lowest BCUT2D eigenvalue weighted by Crippen LogP contribution is -2.72. The minimum atomic E-state index is -2.08. The Labute approximate surface area is 115 Å². The first kappa shape index (κ1) is 13.1. The van der Waals surface area contributed by atoms with Crippen molar-refractivity contribution in [1.29, 1.82) is 0 Å². The molecule has 4 atom stereocenters. The first-order valence-electron chi connectivity index (χ1n) is 6.27. The van der Waals surface area contributed by atoms with Gasteiger partial charge in [-0.25, -0.2) is 9.86 Å². The molecule has 1 aliphatic carbocycles. The quantitative estimate of drug-likeness (QED) is 0.585. The number of para-hydroxylation sites is 1. The summed E-state index contributed by atoms with van der Waals surface area (Å²) in [4.78, 5) is 17.4. The number of anilines is 1. The van der Waals surface area contributed by atoms with Crippen LogP contribution in [0.15, 0.2) is 42.5 Å². The van der Waals surface area contributed by atoms with Crippen molar-refractivity contribution in [1.82, 2.24) is 0 Å². The number of methoxy groups -OCH3 is 1. The molecule has 0 aromatic heterocycles. The monoisotopic (exact) mass is 277 g/mol. The molecule has 20 heavy (non-hydrogen) atoms. The average molecular weight is 277 g/mol. The van der Waals surface area contributed by atoms with Gasteiger partial charge in [-0.3, -0.25) is 4.84 Å². The molecule has 1 saturated heterocycles. The zero-order valence-electron chi connectivity index (χ0n) is 10.8. The number of esters is 1. The second-order valence-corrected chi connectivity index (χ2v) is 4.82. The highest BCUT2D eigenvalue weighted by Gasteiger charge is 2.61. The van der Waals surface area contributed by atoms with Crippen molar-refractivity contribution in [3.05, 3.63) is 42.5 Å². The summed E-state index contributed by atoms with van der Waals surface area (Å²) in [6.07, 6.45) is 0.950. The number of ether oxygens (including phenoxy) is 1. The lowest BCUT2D eigenvalue weighted by molar-refractivity contribution is -0.222. The molecule has 1 aromatic rings. The molecular formula is C14H15NO5. The second kappa shape index (κ2) is 4.59. The second-order valence-electron chi connectivity index (χ2n) is 4.82. The smallest absolute Gasteiger partial charge is 0.343 e. The summed E-state index contributed by atoms with van der Waals surface area (Å²) in [5.74, 6) is -0.905. The van der Waals surface area contributed by atoms with Gasteiger partial charge in [0, 0.05) is 0 Å². The van der Waals surface area contributed by atoms with Gasteiger partial charge in [0.15, 0.2) is 0 Å². The molecule has 2 aliphatic heterocycles. The van der Waals surface area contributed by atoms with Crippen LogP contribution in [0.25, 0.3) is 0 Å². The third-order valence-electron chi connectivity index (χ3n) is 3.71. The maximum Gasteiger partial charge on any atom is 0.343 e. The summed E-state index contributed by atoms with van der Waals surface area (Å²) in [5, 5.41) is 22.3. The molecule has 2 N–H and O–H groups in total. The molecule has 0 saturated carbocycles. The van der Waals surface area contributed by atoms with Crippen LogP contribution in [0.3, 0.4) is 0 Å². The van der Waals surface area contributed by atoms with E-state index in [1.165, 1.54) is 5.06 Å². The minimum absolute atomic E-state index is 0.661. The van der Waals surface area contributed by atoms with Crippen LogP contribution in [0.5, 0.6) is 0 Å². The molecule has 106 valence electrons. The fourth-order valence-electron chi connectivity index (χ4n) is 2.62. The van der Waals surface area contributed by atoms with Gasteiger partial charge in [0.2, 0.25) is 5.60 Å². The summed E-state index contributed by atoms with van der Waals surface area (Å²) in [6.45, 7) is 0. The van der Waals surface area contributed by atoms with Gasteiger partial charge in [-0.15, -0.1) is 0 Å². The van der Waals surface area contributed by atoms with Crippen LogP contribution in [-0.4, -0.2) is 47.1 Å². The van der Waals surface area contributed by atoms with E-state index in [0.717, 1.165) is 12.8 Å². The SMILES string of the molecule is COC(=O)[C@@]1(O)[C@H](O)[C@@H]2C=C[C@H]1ON2c1ccccc1. The number of rotatable bonds is 2. The average Bonchev–Trinajstić information content (AvgIpc) is 2.51. The van der Waals surface area contributed by atoms with E-state index >= 15 is 0 Å². The van der Waals surface area contributed by atoms with E-state index in [1.54, 1.807) is 12.2 Å². The number of hydrogen-bond donors (Lipinski definition) is 2. The fourth-order valence-corrected chi connectivity index (χ4v) is 2.62. The standard InChI is InChI=1S/C14H15NO5/c1-19-13(17)14(18)11-8-7-10(12(14)16)15(20-11)9-5-3-2-4-6-9/h2-8,10-12,16,18H,1H3/t10-,11+,12+,14-/m0/s1. The van der Waals surface area contributed by atoms with Gasteiger partial charge in [0.05, 0.1) is 12.8 Å². The fraction of sp³-hybridized carbons (Fsp3) is 0.357. The molecule has 6 heteroatoms. The van der Waals surface area contributed by atoms with Crippen LogP contribution in [0.1, 0.15) is 0 Å². The summed E-state index contributed by atoms with van der Waals surface area (Å²) < 4.78 is 4.58. The Balaban J connectivity index is 1.96. The molecule has 0 radical (unpaired) electrons. The molecule has 1 fully saturated rings. The van der Waals surface area contributed by atoms with E-state index in [0.29, 0.717) is 0 Å². The molecule has 3 aliphatic rings. The molecule has 2 heterocycles. The Bertz CT molecular complexity index is 546. The molecule has 0 spiro atoms. The van der Waals surface area contributed by atoms with Crippen LogP contribution < -0.4 is 5.06 Å². The van der Waals surface area contributed by atoms with Crippen LogP contribution in [0.2, 0.25) is 0 Å². The number of hydroxylamine groups is 1. The van der Waals surface area contributed by atoms with E-state index < -0.39 is 29.8 Å². The summed E-state index contributed by atoms with van der Waals surface area (Å²) in [7, 11) is 1.16. The maximum atomic E-state index is 11.8. The van der Waals surface area contributed by atoms with Crippen molar-refractivity contribution >= 4 is 11.7 Å². The Morgan fingerprint density at radius 2 is 2.05 bits per heavy atom. The highest BCUT2D eigenvalue weighted by Crippen LogP contribution is 2.39. The molecule has 1 aromatic carbocycles. The van der Waals surface area contributed by atoms with Crippen molar-refractivity contribution in [2.24, 2.45) is 0 Å². The van der Waals surface area contributed by atoms with E-state index in [1.807, 2.05) is 30.3 Å². The Hall–Kier alpha value is -1.89. The first-order chi connectivity index (χ1) is 9.59. The predicted molar refractivity (Wildman–Crippen MR) is 69.7 cm³/mol. The molecule has 2 bridgehead atoms. The molecular weight excluding hydrogens is 262 g/mol. The highest BCUT2D eigenvalue weighted by atomic mass is 16.7. The van der Waals surface area contributed by atoms with Gasteiger partial charge >= 0.3 is 5.97 Å². The van der Waals surface area contributed by atoms with Gasteiger partial charge in [-0.2, -0.15) is 0 Å². The van der Waals surface area contributed by atoms with Crippen molar-refractivity contribution in [3.63, 3.8) is 0 Å². The van der Waals surface area contributed by atoms with Crippen molar-refractivity contribution in [2.45, 2.75) is 23.9 Å². The summed E-state index contributed by atoms with van der Waals surface area (Å²) in [6, 6.07) is 8.51. The van der Waals surface area contributed by atoms with Gasteiger partial charge < -0.3 is 14.9 Å². The number of benzene rings is 1.